The van der Waals surface area contributed by atoms with Gasteiger partial charge in [0.1, 0.15) is 0 Å². The van der Waals surface area contributed by atoms with E-state index in [-0.39, 0.29) is 6.71 Å². The zero-order valence-electron chi connectivity index (χ0n) is 49.3. The fraction of sp³-hybridized carbons (Fsp3) is 0.0233. The first-order valence-corrected chi connectivity index (χ1v) is 32.6. The summed E-state index contributed by atoms with van der Waals surface area (Å²) in [7, 11) is 0. The van der Waals surface area contributed by atoms with Crippen LogP contribution in [0.3, 0.4) is 0 Å². The zero-order chi connectivity index (χ0) is 59.3. The number of fused-ring (bicyclic) bond motifs is 29. The van der Waals surface area contributed by atoms with Crippen molar-refractivity contribution in [1.29, 1.82) is 0 Å². The van der Waals surface area contributed by atoms with Crippen LogP contribution >= 0.6 is 11.3 Å². The van der Waals surface area contributed by atoms with E-state index in [0.717, 1.165) is 39.8 Å². The Balaban J connectivity index is 0.944. The summed E-state index contributed by atoms with van der Waals surface area (Å²) in [6.07, 6.45) is 0. The maximum atomic E-state index is 2.68. The molecule has 0 atom stereocenters. The van der Waals surface area contributed by atoms with Crippen molar-refractivity contribution in [3.8, 4) is 44.5 Å². The van der Waals surface area contributed by atoms with Gasteiger partial charge in [-0.2, -0.15) is 0 Å². The van der Waals surface area contributed by atoms with E-state index in [1.165, 1.54) is 137 Å². The zero-order valence-corrected chi connectivity index (χ0v) is 50.2. The third-order valence-electron chi connectivity index (χ3n) is 21.2. The lowest BCUT2D eigenvalue weighted by Crippen LogP contribution is -2.61. The molecule has 0 saturated carbocycles. The van der Waals surface area contributed by atoms with Gasteiger partial charge >= 0.3 is 0 Å². The number of rotatable bonds is 5. The highest BCUT2D eigenvalue weighted by atomic mass is 32.1. The second-order valence-corrected chi connectivity index (χ2v) is 26.3. The van der Waals surface area contributed by atoms with Crippen molar-refractivity contribution in [1.82, 2.24) is 0 Å². The Morgan fingerprint density at radius 1 is 0.308 bits per heavy atom. The fourth-order valence-corrected chi connectivity index (χ4v) is 19.2. The van der Waals surface area contributed by atoms with E-state index in [1.54, 1.807) is 0 Å². The van der Waals surface area contributed by atoms with Gasteiger partial charge in [-0.3, -0.25) is 0 Å². The standard InChI is InChI=1S/C86H52BN3S/c1-4-25-53(26-5-1)88(74-44-24-46-78-81(74)63-37-16-23-45-77(63)91-78)56-51-75-82-76(52-56)90(55-29-8-3-9-30-55)84-73(50-48-71-80(84)62-36-15-22-43-69(62)86(71)66-40-19-12-33-59(66)60-34-13-20-41-67(60)86)87(82)72-49-47-70-79(83(72)89(75)54-27-6-2-7-28-54)61-35-14-21-42-68(61)85(70)64-38-17-10-31-57(64)58-32-11-18-39-65(58)85/h1-52H. The average molecular weight is 1170 g/mol. The number of nitrogens with zero attached hydrogens (tertiary/aromatic N) is 3. The molecule has 2 aliphatic heterocycles. The van der Waals surface area contributed by atoms with Crippen LogP contribution in [0.1, 0.15) is 44.5 Å². The van der Waals surface area contributed by atoms with Crippen LogP contribution < -0.4 is 31.1 Å². The van der Waals surface area contributed by atoms with Crippen LogP contribution in [-0.2, 0) is 10.8 Å². The van der Waals surface area contributed by atoms with Crippen molar-refractivity contribution in [2.24, 2.45) is 0 Å². The lowest BCUT2D eigenvalue weighted by atomic mass is 9.33. The molecule has 0 saturated heterocycles. The number of benzene rings is 14. The predicted molar refractivity (Wildman–Crippen MR) is 381 cm³/mol. The first-order chi connectivity index (χ1) is 45.2. The maximum absolute atomic E-state index is 2.68. The molecule has 14 aromatic carbocycles. The van der Waals surface area contributed by atoms with Crippen LogP contribution in [0.5, 0.6) is 0 Å². The number of hydrogen-bond acceptors (Lipinski definition) is 4. The molecule has 5 heteroatoms. The van der Waals surface area contributed by atoms with Gasteiger partial charge in [-0.15, -0.1) is 11.3 Å². The van der Waals surface area contributed by atoms with E-state index in [9.17, 15) is 0 Å². The minimum absolute atomic E-state index is 0.201. The first-order valence-electron chi connectivity index (χ1n) is 31.8. The van der Waals surface area contributed by atoms with Gasteiger partial charge in [0, 0.05) is 71.1 Å². The quantitative estimate of drug-likeness (QED) is 0.159. The number of thiophene rings is 1. The van der Waals surface area contributed by atoms with Gasteiger partial charge < -0.3 is 14.7 Å². The molecule has 15 aromatic rings. The summed E-state index contributed by atoms with van der Waals surface area (Å²) in [5.74, 6) is 0. The summed E-state index contributed by atoms with van der Waals surface area (Å²) in [6, 6.07) is 120. The molecule has 3 heterocycles. The highest BCUT2D eigenvalue weighted by Gasteiger charge is 2.57. The highest BCUT2D eigenvalue weighted by molar-refractivity contribution is 7.26. The van der Waals surface area contributed by atoms with E-state index in [4.69, 9.17) is 0 Å². The van der Waals surface area contributed by atoms with Gasteiger partial charge in [-0.1, -0.05) is 249 Å². The van der Waals surface area contributed by atoms with Crippen molar-refractivity contribution < 1.29 is 0 Å². The Morgan fingerprint density at radius 3 is 1.16 bits per heavy atom. The Bertz CT molecular complexity index is 5300. The smallest absolute Gasteiger partial charge is 0.252 e. The molecule has 2 spiro atoms. The molecule has 91 heavy (non-hydrogen) atoms. The van der Waals surface area contributed by atoms with E-state index in [2.05, 4.69) is 330 Å². The lowest BCUT2D eigenvalue weighted by molar-refractivity contribution is 0.794. The molecule has 6 aliphatic rings. The molecule has 420 valence electrons. The van der Waals surface area contributed by atoms with E-state index in [0.29, 0.717) is 0 Å². The lowest BCUT2D eigenvalue weighted by Gasteiger charge is -2.46. The van der Waals surface area contributed by atoms with Gasteiger partial charge in [0.05, 0.1) is 22.2 Å². The molecule has 1 aromatic heterocycles. The molecule has 0 bridgehead atoms. The van der Waals surface area contributed by atoms with Crippen LogP contribution in [0, 0.1) is 0 Å². The van der Waals surface area contributed by atoms with Crippen molar-refractivity contribution in [3.63, 3.8) is 0 Å². The largest absolute Gasteiger partial charge is 0.311 e. The molecule has 3 nitrogen and oxygen atoms in total. The van der Waals surface area contributed by atoms with Crippen LogP contribution in [0.2, 0.25) is 0 Å². The van der Waals surface area contributed by atoms with Gasteiger partial charge in [0.2, 0.25) is 0 Å². The summed E-state index contributed by atoms with van der Waals surface area (Å²) in [6.45, 7) is -0.201. The van der Waals surface area contributed by atoms with Crippen LogP contribution in [0.25, 0.3) is 64.7 Å². The van der Waals surface area contributed by atoms with Crippen molar-refractivity contribution >= 4 is 106 Å². The van der Waals surface area contributed by atoms with E-state index < -0.39 is 10.8 Å². The molecule has 0 unspecified atom stereocenters. The molecule has 0 radical (unpaired) electrons. The van der Waals surface area contributed by atoms with Crippen LogP contribution in [-0.4, -0.2) is 6.71 Å². The monoisotopic (exact) mass is 1170 g/mol. The SMILES string of the molecule is c1ccc(N2c3cc(N(c4ccccc4)c4cccc5sc6ccccc6c45)cc4c3B(c3ccc5c(c32)-c2ccccc2C52c3ccccc3-c3ccccc32)c2ccc3c(c2N4c2ccccc2)-c2ccccc2C32c3ccccc3-c3ccccc32)cc1. The second-order valence-electron chi connectivity index (χ2n) is 25.2. The Hall–Kier alpha value is -11.2. The normalized spacial score (nSPS) is 14.5. The summed E-state index contributed by atoms with van der Waals surface area (Å²) < 4.78 is 2.54. The molecule has 4 aliphatic carbocycles. The Labute approximate surface area is 532 Å². The minimum atomic E-state index is -0.558. The van der Waals surface area contributed by atoms with Crippen molar-refractivity contribution in [3.05, 3.63) is 360 Å². The van der Waals surface area contributed by atoms with Crippen LogP contribution in [0.15, 0.2) is 315 Å². The highest BCUT2D eigenvalue weighted by Crippen LogP contribution is 2.68. The molecular weight excluding hydrogens is 1120 g/mol. The predicted octanol–water partition coefficient (Wildman–Crippen LogP) is 20.3. The number of hydrogen-bond donors (Lipinski definition) is 0. The maximum Gasteiger partial charge on any atom is 0.252 e. The first kappa shape index (κ1) is 49.7. The summed E-state index contributed by atoms with van der Waals surface area (Å²) in [5.41, 5.74) is 34.0. The van der Waals surface area contributed by atoms with E-state index in [1.807, 2.05) is 11.3 Å². The van der Waals surface area contributed by atoms with Crippen molar-refractivity contribution in [2.75, 3.05) is 14.7 Å². The average Bonchev–Trinajstić information content (AvgIpc) is 1.56. The third kappa shape index (κ3) is 6.19. The summed E-state index contributed by atoms with van der Waals surface area (Å²) >= 11 is 1.87. The Kier molecular flexibility index (Phi) is 9.95. The van der Waals surface area contributed by atoms with E-state index >= 15 is 0 Å². The van der Waals surface area contributed by atoms with Gasteiger partial charge in [-0.05, 0) is 161 Å². The third-order valence-corrected chi connectivity index (χ3v) is 22.4. The summed E-state index contributed by atoms with van der Waals surface area (Å²) in [5, 5.41) is 2.51. The van der Waals surface area contributed by atoms with Gasteiger partial charge in [-0.25, -0.2) is 0 Å². The fourth-order valence-electron chi connectivity index (χ4n) is 18.1. The molecule has 0 N–H and O–H groups in total. The van der Waals surface area contributed by atoms with Gasteiger partial charge in [0.25, 0.3) is 6.71 Å². The summed E-state index contributed by atoms with van der Waals surface area (Å²) in [4.78, 5) is 7.91. The van der Waals surface area contributed by atoms with Crippen molar-refractivity contribution in [2.45, 2.75) is 10.8 Å². The minimum Gasteiger partial charge on any atom is -0.311 e. The number of anilines is 9. The Morgan fingerprint density at radius 2 is 0.692 bits per heavy atom. The van der Waals surface area contributed by atoms with Crippen LogP contribution in [0.4, 0.5) is 51.2 Å². The molecule has 0 fully saturated rings. The van der Waals surface area contributed by atoms with Gasteiger partial charge in [0.15, 0.2) is 0 Å². The molecule has 0 amide bonds. The number of para-hydroxylation sites is 3. The molecule has 21 rings (SSSR count). The topological polar surface area (TPSA) is 9.72 Å². The second kappa shape index (κ2) is 18.2. The molecular formula is C86H52BN3S.